The summed E-state index contributed by atoms with van der Waals surface area (Å²) in [7, 11) is 0. The molecule has 0 radical (unpaired) electrons. The van der Waals surface area contributed by atoms with Crippen molar-refractivity contribution in [2.45, 2.75) is 13.1 Å². The molecule has 0 heterocycles. The topological polar surface area (TPSA) is 46.8 Å². The van der Waals surface area contributed by atoms with E-state index in [0.29, 0.717) is 0 Å². The summed E-state index contributed by atoms with van der Waals surface area (Å²) >= 11 is 0. The van der Waals surface area contributed by atoms with Crippen molar-refractivity contribution in [2.24, 2.45) is 0 Å². The average Bonchev–Trinajstić information content (AvgIpc) is 1.83. The van der Waals surface area contributed by atoms with Crippen LogP contribution < -0.4 is 56.5 Å². The number of alkyl halides is 3. The Balaban J connectivity index is 0. The molecule has 0 aromatic rings. The molecule has 0 aliphatic rings. The molecule has 0 aliphatic carbocycles. The van der Waals surface area contributed by atoms with E-state index in [1.165, 1.54) is 0 Å². The number of halogens is 3. The van der Waals surface area contributed by atoms with Crippen LogP contribution in [0.4, 0.5) is 13.2 Å². The van der Waals surface area contributed by atoms with Crippen molar-refractivity contribution in [3.05, 3.63) is 11.3 Å². The molecular weight excluding hydrogens is 186 g/mol. The van der Waals surface area contributed by atoms with Crippen LogP contribution in [0, 0.1) is 11.3 Å². The summed E-state index contributed by atoms with van der Waals surface area (Å²) in [6.07, 6.45) is -4.92. The van der Waals surface area contributed by atoms with Crippen molar-refractivity contribution < 1.29 is 69.7 Å². The van der Waals surface area contributed by atoms with E-state index in [-0.39, 0.29) is 51.4 Å². The number of nitrogens with zero attached hydrogens (tertiary/aromatic N) is 1. The van der Waals surface area contributed by atoms with Gasteiger partial charge in [0, 0.05) is 5.57 Å². The second-order valence-corrected chi connectivity index (χ2v) is 1.56. The first kappa shape index (κ1) is 14.0. The first-order chi connectivity index (χ1) is 4.39. The summed E-state index contributed by atoms with van der Waals surface area (Å²) in [5, 5.41) is 17.9. The monoisotopic (exact) mass is 189 g/mol. The first-order valence-electron chi connectivity index (χ1n) is 2.24. The predicted molar refractivity (Wildman–Crippen MR) is 24.4 cm³/mol. The molecule has 0 fully saturated rings. The first-order valence-corrected chi connectivity index (χ1v) is 2.24. The molecule has 0 saturated heterocycles. The maximum atomic E-state index is 11.4. The molecule has 2 nitrogen and oxygen atoms in total. The Morgan fingerprint density at radius 2 is 1.82 bits per heavy atom. The van der Waals surface area contributed by atoms with Crippen molar-refractivity contribution in [3.8, 4) is 6.07 Å². The molecule has 0 spiro atoms. The van der Waals surface area contributed by atoms with Crippen LogP contribution in [0.2, 0.25) is 0 Å². The van der Waals surface area contributed by atoms with Gasteiger partial charge in [0.25, 0.3) is 0 Å². The minimum absolute atomic E-state index is 0. The molecular formula is C5H3F3KNO. The summed E-state index contributed by atoms with van der Waals surface area (Å²) in [6.45, 7) is 0.829. The fourth-order valence-electron chi connectivity index (χ4n) is 0.263. The van der Waals surface area contributed by atoms with Crippen LogP contribution >= 0.6 is 0 Å². The predicted octanol–water partition coefficient (Wildman–Crippen LogP) is -2.29. The van der Waals surface area contributed by atoms with E-state index in [2.05, 4.69) is 0 Å². The average molecular weight is 189 g/mol. The third kappa shape index (κ3) is 4.82. The van der Waals surface area contributed by atoms with Gasteiger partial charge in [0.15, 0.2) is 0 Å². The molecule has 0 saturated carbocycles. The van der Waals surface area contributed by atoms with E-state index >= 15 is 0 Å². The van der Waals surface area contributed by atoms with Crippen LogP contribution in [0.3, 0.4) is 0 Å². The molecule has 0 N–H and O–H groups in total. The van der Waals surface area contributed by atoms with Gasteiger partial charge >= 0.3 is 57.6 Å². The molecule has 6 heteroatoms. The van der Waals surface area contributed by atoms with E-state index in [9.17, 15) is 18.3 Å². The largest absolute Gasteiger partial charge is 1.00 e. The van der Waals surface area contributed by atoms with Gasteiger partial charge in [-0.05, 0) is 12.7 Å². The smallest absolute Gasteiger partial charge is 0.869 e. The zero-order valence-electron chi connectivity index (χ0n) is 5.99. The van der Waals surface area contributed by atoms with Crippen molar-refractivity contribution in [2.75, 3.05) is 0 Å². The fraction of sp³-hybridized carbons (Fsp3) is 0.400. The van der Waals surface area contributed by atoms with Gasteiger partial charge in [-0.1, -0.05) is 0 Å². The second-order valence-electron chi connectivity index (χ2n) is 1.56. The Labute approximate surface area is 104 Å². The Bertz CT molecular complexity index is 203. The Kier molecular flexibility index (Phi) is 6.58. The quantitative estimate of drug-likeness (QED) is 0.245. The van der Waals surface area contributed by atoms with Gasteiger partial charge in [0.05, 0.1) is 6.07 Å². The molecule has 0 bridgehead atoms. The van der Waals surface area contributed by atoms with Crippen molar-refractivity contribution in [1.29, 1.82) is 5.26 Å². The molecule has 11 heavy (non-hydrogen) atoms. The molecule has 0 amide bonds. The van der Waals surface area contributed by atoms with Crippen molar-refractivity contribution in [3.63, 3.8) is 0 Å². The molecule has 0 rings (SSSR count). The van der Waals surface area contributed by atoms with Crippen molar-refractivity contribution in [1.82, 2.24) is 0 Å². The van der Waals surface area contributed by atoms with Crippen LogP contribution in [0.25, 0.3) is 0 Å². The van der Waals surface area contributed by atoms with Crippen LogP contribution in [0.15, 0.2) is 11.3 Å². The van der Waals surface area contributed by atoms with Gasteiger partial charge in [-0.2, -0.15) is 18.4 Å². The molecule has 0 aliphatic heterocycles. The van der Waals surface area contributed by atoms with Crippen molar-refractivity contribution >= 4 is 0 Å². The summed E-state index contributed by atoms with van der Waals surface area (Å²) in [5.41, 5.74) is -0.840. The zero-order chi connectivity index (χ0) is 8.36. The summed E-state index contributed by atoms with van der Waals surface area (Å²) in [6, 6.07) is 1.12. The molecule has 0 atom stereocenters. The summed E-state index contributed by atoms with van der Waals surface area (Å²) in [4.78, 5) is 0. The van der Waals surface area contributed by atoms with Crippen LogP contribution in [-0.4, -0.2) is 6.18 Å². The molecule has 0 aromatic heterocycles. The number of allylic oxidation sites excluding steroid dienone is 2. The normalized spacial score (nSPS) is 12.6. The summed E-state index contributed by atoms with van der Waals surface area (Å²) in [5.74, 6) is -2.07. The molecule has 56 valence electrons. The maximum Gasteiger partial charge on any atom is 1.00 e. The maximum absolute atomic E-state index is 11.4. The minimum Gasteiger partial charge on any atom is -0.869 e. The van der Waals surface area contributed by atoms with Gasteiger partial charge in [-0.3, -0.25) is 0 Å². The van der Waals surface area contributed by atoms with Crippen LogP contribution in [0.5, 0.6) is 0 Å². The third-order valence-corrected chi connectivity index (χ3v) is 0.766. The second kappa shape index (κ2) is 5.16. The van der Waals surface area contributed by atoms with Gasteiger partial charge in [0.2, 0.25) is 0 Å². The van der Waals surface area contributed by atoms with E-state index in [4.69, 9.17) is 5.26 Å². The van der Waals surface area contributed by atoms with Gasteiger partial charge in [-0.25, -0.2) is 0 Å². The standard InChI is InChI=1S/C5H4F3NO.K/c1-3(2-9)4(10)5(6,7)8;/h10H,1H3;/q;+1/p-1/b4-3-;. The minimum atomic E-state index is -4.92. The van der Waals surface area contributed by atoms with E-state index < -0.39 is 17.5 Å². The SMILES string of the molecule is C/C(C#N)=C(/[O-])C(F)(F)F.[K+]. The van der Waals surface area contributed by atoms with Crippen LogP contribution in [0.1, 0.15) is 6.92 Å². The number of nitriles is 1. The zero-order valence-corrected chi connectivity index (χ0v) is 9.11. The van der Waals surface area contributed by atoms with E-state index in [1.54, 1.807) is 0 Å². The third-order valence-electron chi connectivity index (χ3n) is 0.766. The summed E-state index contributed by atoms with van der Waals surface area (Å²) < 4.78 is 34.1. The van der Waals surface area contributed by atoms with E-state index in [1.807, 2.05) is 0 Å². The Morgan fingerprint density at radius 1 is 1.45 bits per heavy atom. The van der Waals surface area contributed by atoms with E-state index in [0.717, 1.165) is 13.0 Å². The Morgan fingerprint density at radius 3 is 1.91 bits per heavy atom. The number of hydrogen-bond donors (Lipinski definition) is 0. The fourth-order valence-corrected chi connectivity index (χ4v) is 0.263. The van der Waals surface area contributed by atoms with Crippen LogP contribution in [-0.2, 0) is 0 Å². The Hall–Kier alpha value is 0.456. The van der Waals surface area contributed by atoms with Gasteiger partial charge in [-0.15, -0.1) is 0 Å². The molecule has 0 aromatic carbocycles. The number of rotatable bonds is 0. The van der Waals surface area contributed by atoms with Gasteiger partial charge < -0.3 is 5.11 Å². The van der Waals surface area contributed by atoms with Gasteiger partial charge in [0.1, 0.15) is 0 Å². The molecule has 0 unspecified atom stereocenters. The number of hydrogen-bond acceptors (Lipinski definition) is 2.